The standard InChI is InChI=1S/C25H25NO3/c1-5-16-29-24(28)22(23(27)25(2,3)4)21(19-14-10-7-11-15-19)20(17-26)18-12-8-6-9-13-18/h5-15,22H,1,16H2,2-4H3/b21-20+. The molecule has 0 aliphatic heterocycles. The summed E-state index contributed by atoms with van der Waals surface area (Å²) in [4.78, 5) is 26.4. The van der Waals surface area contributed by atoms with Crippen LogP contribution in [0.15, 0.2) is 73.3 Å². The van der Waals surface area contributed by atoms with Crippen molar-refractivity contribution in [3.05, 3.63) is 84.4 Å². The average molecular weight is 387 g/mol. The van der Waals surface area contributed by atoms with Crippen molar-refractivity contribution in [1.29, 1.82) is 5.26 Å². The van der Waals surface area contributed by atoms with Crippen molar-refractivity contribution in [3.63, 3.8) is 0 Å². The third-order valence-electron chi connectivity index (χ3n) is 4.40. The van der Waals surface area contributed by atoms with E-state index in [9.17, 15) is 14.9 Å². The molecule has 148 valence electrons. The molecular formula is C25H25NO3. The fraction of sp³-hybridized carbons (Fsp3) is 0.240. The molecule has 0 heterocycles. The van der Waals surface area contributed by atoms with Crippen molar-refractivity contribution in [1.82, 2.24) is 0 Å². The van der Waals surface area contributed by atoms with Crippen molar-refractivity contribution >= 4 is 22.9 Å². The smallest absolute Gasteiger partial charge is 0.321 e. The molecule has 2 aromatic rings. The number of hydrogen-bond acceptors (Lipinski definition) is 4. The maximum Gasteiger partial charge on any atom is 0.321 e. The van der Waals surface area contributed by atoms with E-state index >= 15 is 0 Å². The first-order chi connectivity index (χ1) is 13.8. The predicted molar refractivity (Wildman–Crippen MR) is 114 cm³/mol. The molecule has 0 aliphatic rings. The van der Waals surface area contributed by atoms with Gasteiger partial charge in [0.05, 0.1) is 5.57 Å². The molecule has 2 rings (SSSR count). The fourth-order valence-electron chi connectivity index (χ4n) is 2.97. The number of esters is 1. The highest BCUT2D eigenvalue weighted by atomic mass is 16.5. The number of carbonyl (C=O) groups excluding carboxylic acids is 2. The van der Waals surface area contributed by atoms with Gasteiger partial charge in [0.1, 0.15) is 18.6 Å². The van der Waals surface area contributed by atoms with Crippen molar-refractivity contribution in [2.75, 3.05) is 6.61 Å². The van der Waals surface area contributed by atoms with Crippen molar-refractivity contribution in [3.8, 4) is 6.07 Å². The number of ether oxygens (including phenoxy) is 1. The zero-order valence-corrected chi connectivity index (χ0v) is 17.0. The first-order valence-electron chi connectivity index (χ1n) is 9.38. The maximum absolute atomic E-state index is 13.4. The van der Waals surface area contributed by atoms with E-state index < -0.39 is 17.3 Å². The summed E-state index contributed by atoms with van der Waals surface area (Å²) < 4.78 is 5.28. The van der Waals surface area contributed by atoms with Gasteiger partial charge < -0.3 is 4.74 Å². The molecular weight excluding hydrogens is 362 g/mol. The number of hydrogen-bond donors (Lipinski definition) is 0. The Hall–Kier alpha value is -3.45. The SMILES string of the molecule is C=CCOC(=O)C(C(=O)C(C)(C)C)/C(=C(\C#N)c1ccccc1)c1ccccc1. The van der Waals surface area contributed by atoms with Crippen LogP contribution in [0.3, 0.4) is 0 Å². The molecule has 0 bridgehead atoms. The Balaban J connectivity index is 2.83. The van der Waals surface area contributed by atoms with Gasteiger partial charge in [-0.05, 0) is 16.7 Å². The molecule has 4 heteroatoms. The summed E-state index contributed by atoms with van der Waals surface area (Å²) in [6.45, 7) is 8.80. The molecule has 0 spiro atoms. The van der Waals surface area contributed by atoms with Crippen LogP contribution in [0.2, 0.25) is 0 Å². The number of benzene rings is 2. The van der Waals surface area contributed by atoms with Crippen LogP contribution in [0.4, 0.5) is 0 Å². The summed E-state index contributed by atoms with van der Waals surface area (Å²) >= 11 is 0. The summed E-state index contributed by atoms with van der Waals surface area (Å²) in [6, 6.07) is 20.3. The fourth-order valence-corrected chi connectivity index (χ4v) is 2.97. The third kappa shape index (κ3) is 5.30. The van der Waals surface area contributed by atoms with Gasteiger partial charge in [-0.15, -0.1) is 0 Å². The summed E-state index contributed by atoms with van der Waals surface area (Å²) in [7, 11) is 0. The Bertz CT molecular complexity index is 945. The minimum atomic E-state index is -1.23. The first-order valence-corrected chi connectivity index (χ1v) is 9.38. The van der Waals surface area contributed by atoms with E-state index in [0.717, 1.165) is 0 Å². The topological polar surface area (TPSA) is 67.2 Å². The second-order valence-electron chi connectivity index (χ2n) is 7.60. The molecule has 0 amide bonds. The third-order valence-corrected chi connectivity index (χ3v) is 4.40. The van der Waals surface area contributed by atoms with Crippen LogP contribution in [-0.4, -0.2) is 18.4 Å². The quantitative estimate of drug-likeness (QED) is 0.218. The molecule has 2 aromatic carbocycles. The number of allylic oxidation sites excluding steroid dienone is 1. The van der Waals surface area contributed by atoms with Gasteiger partial charge in [-0.3, -0.25) is 9.59 Å². The number of nitrogens with zero attached hydrogens (tertiary/aromatic N) is 1. The summed E-state index contributed by atoms with van der Waals surface area (Å²) in [5.74, 6) is -2.23. The van der Waals surface area contributed by atoms with Crippen molar-refractivity contribution < 1.29 is 14.3 Å². The molecule has 0 aromatic heterocycles. The molecule has 0 fully saturated rings. The van der Waals surface area contributed by atoms with Crippen LogP contribution in [0.25, 0.3) is 11.1 Å². The number of Topliss-reactive ketones (excluding diaryl/α,β-unsaturated/α-hetero) is 1. The predicted octanol–water partition coefficient (Wildman–Crippen LogP) is 5.08. The lowest BCUT2D eigenvalue weighted by Crippen LogP contribution is -2.36. The molecule has 0 aliphatic carbocycles. The Labute approximate surface area is 172 Å². The van der Waals surface area contributed by atoms with Gasteiger partial charge >= 0.3 is 5.97 Å². The molecule has 1 unspecified atom stereocenters. The van der Waals surface area contributed by atoms with Crippen LogP contribution in [0, 0.1) is 22.7 Å². The van der Waals surface area contributed by atoms with Crippen molar-refractivity contribution in [2.24, 2.45) is 11.3 Å². The van der Waals surface area contributed by atoms with E-state index in [4.69, 9.17) is 4.74 Å². The highest BCUT2D eigenvalue weighted by Gasteiger charge is 2.40. The largest absolute Gasteiger partial charge is 0.461 e. The molecule has 1 atom stereocenters. The Morgan fingerprint density at radius 1 is 1.03 bits per heavy atom. The lowest BCUT2D eigenvalue weighted by molar-refractivity contribution is -0.150. The molecule has 0 saturated carbocycles. The van der Waals surface area contributed by atoms with E-state index in [0.29, 0.717) is 16.7 Å². The van der Waals surface area contributed by atoms with Gasteiger partial charge in [-0.1, -0.05) is 94.1 Å². The molecule has 0 radical (unpaired) electrons. The van der Waals surface area contributed by atoms with Gasteiger partial charge in [0.15, 0.2) is 5.78 Å². The van der Waals surface area contributed by atoms with Gasteiger partial charge in [0.2, 0.25) is 0 Å². The van der Waals surface area contributed by atoms with Crippen LogP contribution in [-0.2, 0) is 14.3 Å². The van der Waals surface area contributed by atoms with Crippen LogP contribution in [0.5, 0.6) is 0 Å². The van der Waals surface area contributed by atoms with Gasteiger partial charge in [-0.2, -0.15) is 5.26 Å². The lowest BCUT2D eigenvalue weighted by atomic mass is 9.75. The lowest BCUT2D eigenvalue weighted by Gasteiger charge is -2.26. The Morgan fingerprint density at radius 2 is 1.55 bits per heavy atom. The maximum atomic E-state index is 13.4. The number of nitriles is 1. The van der Waals surface area contributed by atoms with E-state index in [-0.39, 0.29) is 18.0 Å². The number of ketones is 1. The second kappa shape index (κ2) is 9.66. The van der Waals surface area contributed by atoms with Gasteiger partial charge in [0.25, 0.3) is 0 Å². The minimum Gasteiger partial charge on any atom is -0.461 e. The first kappa shape index (κ1) is 21.8. The summed E-state index contributed by atoms with van der Waals surface area (Å²) in [6.07, 6.45) is 1.45. The van der Waals surface area contributed by atoms with Gasteiger partial charge in [-0.25, -0.2) is 0 Å². The molecule has 4 nitrogen and oxygen atoms in total. The van der Waals surface area contributed by atoms with E-state index in [1.54, 1.807) is 45.0 Å². The minimum absolute atomic E-state index is 0.0119. The number of rotatable bonds is 7. The van der Waals surface area contributed by atoms with Crippen LogP contribution >= 0.6 is 0 Å². The van der Waals surface area contributed by atoms with Gasteiger partial charge in [0, 0.05) is 5.41 Å². The van der Waals surface area contributed by atoms with E-state index in [1.807, 2.05) is 36.4 Å². The average Bonchev–Trinajstić information content (AvgIpc) is 2.72. The number of carbonyl (C=O) groups is 2. The zero-order valence-electron chi connectivity index (χ0n) is 17.0. The van der Waals surface area contributed by atoms with Crippen molar-refractivity contribution in [2.45, 2.75) is 20.8 Å². The monoisotopic (exact) mass is 387 g/mol. The van der Waals surface area contributed by atoms with E-state index in [1.165, 1.54) is 6.08 Å². The molecule has 0 saturated heterocycles. The molecule has 29 heavy (non-hydrogen) atoms. The van der Waals surface area contributed by atoms with E-state index in [2.05, 4.69) is 12.6 Å². The highest BCUT2D eigenvalue weighted by molar-refractivity contribution is 6.17. The Kier molecular flexibility index (Phi) is 7.27. The zero-order chi connectivity index (χ0) is 21.4. The normalized spacial score (nSPS) is 12.9. The van der Waals surface area contributed by atoms with Crippen LogP contribution in [0.1, 0.15) is 31.9 Å². The second-order valence-corrected chi connectivity index (χ2v) is 7.60. The highest BCUT2D eigenvalue weighted by Crippen LogP contribution is 2.37. The van der Waals surface area contributed by atoms with Crippen LogP contribution < -0.4 is 0 Å². The summed E-state index contributed by atoms with van der Waals surface area (Å²) in [5.41, 5.74) is 1.08. The Morgan fingerprint density at radius 3 is 2.00 bits per heavy atom. The molecule has 0 N–H and O–H groups in total. The summed E-state index contributed by atoms with van der Waals surface area (Å²) in [5, 5.41) is 10.0.